The number of benzene rings is 2. The van der Waals surface area contributed by atoms with Gasteiger partial charge in [-0.1, -0.05) is 24.3 Å². The van der Waals surface area contributed by atoms with Crippen LogP contribution in [0.3, 0.4) is 0 Å². The van der Waals surface area contributed by atoms with Gasteiger partial charge in [-0.15, -0.1) is 11.8 Å². The Morgan fingerprint density at radius 3 is 2.39 bits per heavy atom. The summed E-state index contributed by atoms with van der Waals surface area (Å²) in [5, 5.41) is 0. The summed E-state index contributed by atoms with van der Waals surface area (Å²) < 4.78 is 10.7. The third-order valence-electron chi connectivity index (χ3n) is 4.71. The normalized spacial score (nSPS) is 13.9. The highest BCUT2D eigenvalue weighted by Gasteiger charge is 2.24. The minimum Gasteiger partial charge on any atom is -0.495 e. The Balaban J connectivity index is 1.52. The standard InChI is InChI=1S/C21H24N2O4S/c1-26-18-9-5-4-8-17(18)22-11-13-23(14-12-22)20(24)15-27-21(25)16-7-3-6-10-19(16)28-2/h3-10H,11-15H2,1-2H3. The van der Waals surface area contributed by atoms with Crippen LogP contribution in [-0.4, -0.2) is 62.9 Å². The molecule has 0 bridgehead atoms. The summed E-state index contributed by atoms with van der Waals surface area (Å²) in [5.74, 6) is 0.185. The van der Waals surface area contributed by atoms with Gasteiger partial charge in [0.2, 0.25) is 0 Å². The van der Waals surface area contributed by atoms with E-state index in [1.165, 1.54) is 11.8 Å². The lowest BCUT2D eigenvalue weighted by Gasteiger charge is -2.36. The number of rotatable bonds is 6. The molecule has 1 saturated heterocycles. The quantitative estimate of drug-likeness (QED) is 0.549. The summed E-state index contributed by atoms with van der Waals surface area (Å²) in [7, 11) is 1.65. The summed E-state index contributed by atoms with van der Waals surface area (Å²) >= 11 is 1.48. The fourth-order valence-corrected chi connectivity index (χ4v) is 3.78. The Bertz CT molecular complexity index is 835. The molecule has 28 heavy (non-hydrogen) atoms. The average molecular weight is 401 g/mol. The van der Waals surface area contributed by atoms with E-state index in [1.54, 1.807) is 24.1 Å². The third-order valence-corrected chi connectivity index (χ3v) is 5.51. The molecule has 0 atom stereocenters. The van der Waals surface area contributed by atoms with Gasteiger partial charge in [-0.25, -0.2) is 4.79 Å². The van der Waals surface area contributed by atoms with Gasteiger partial charge in [-0.2, -0.15) is 0 Å². The first kappa shape index (κ1) is 20.1. The maximum absolute atomic E-state index is 12.5. The molecule has 0 radical (unpaired) electrons. The van der Waals surface area contributed by atoms with Crippen molar-refractivity contribution < 1.29 is 19.1 Å². The zero-order chi connectivity index (χ0) is 19.9. The van der Waals surface area contributed by atoms with Crippen molar-refractivity contribution in [3.8, 4) is 5.75 Å². The molecule has 1 fully saturated rings. The van der Waals surface area contributed by atoms with Gasteiger partial charge in [-0.05, 0) is 30.5 Å². The number of para-hydroxylation sites is 2. The molecule has 3 rings (SSSR count). The highest BCUT2D eigenvalue weighted by molar-refractivity contribution is 7.98. The highest BCUT2D eigenvalue weighted by atomic mass is 32.2. The summed E-state index contributed by atoms with van der Waals surface area (Å²) in [6, 6.07) is 15.1. The lowest BCUT2D eigenvalue weighted by atomic mass is 10.2. The van der Waals surface area contributed by atoms with Crippen molar-refractivity contribution in [1.82, 2.24) is 4.90 Å². The van der Waals surface area contributed by atoms with E-state index < -0.39 is 5.97 Å². The number of piperazine rings is 1. The zero-order valence-corrected chi connectivity index (χ0v) is 16.9. The second-order valence-corrected chi connectivity index (χ2v) is 7.16. The second-order valence-electron chi connectivity index (χ2n) is 6.32. The number of amides is 1. The van der Waals surface area contributed by atoms with E-state index in [2.05, 4.69) is 4.90 Å². The molecule has 2 aromatic carbocycles. The SMILES string of the molecule is COc1ccccc1N1CCN(C(=O)COC(=O)c2ccccc2SC)CC1. The number of esters is 1. The van der Waals surface area contributed by atoms with Crippen LogP contribution in [0.5, 0.6) is 5.75 Å². The van der Waals surface area contributed by atoms with Crippen molar-refractivity contribution in [3.63, 3.8) is 0 Å². The Kier molecular flexibility index (Phi) is 6.81. The minimum absolute atomic E-state index is 0.172. The fourth-order valence-electron chi connectivity index (χ4n) is 3.20. The molecule has 2 aromatic rings. The number of ether oxygens (including phenoxy) is 2. The van der Waals surface area contributed by atoms with Crippen LogP contribution in [0.1, 0.15) is 10.4 Å². The van der Waals surface area contributed by atoms with Crippen molar-refractivity contribution in [2.24, 2.45) is 0 Å². The van der Waals surface area contributed by atoms with E-state index in [0.717, 1.165) is 16.3 Å². The zero-order valence-electron chi connectivity index (χ0n) is 16.1. The second kappa shape index (κ2) is 9.50. The van der Waals surface area contributed by atoms with E-state index in [-0.39, 0.29) is 12.5 Å². The molecule has 0 unspecified atom stereocenters. The van der Waals surface area contributed by atoms with E-state index in [1.807, 2.05) is 42.7 Å². The first-order valence-electron chi connectivity index (χ1n) is 9.10. The van der Waals surface area contributed by atoms with Crippen molar-refractivity contribution in [3.05, 3.63) is 54.1 Å². The molecule has 1 amide bonds. The van der Waals surface area contributed by atoms with E-state index >= 15 is 0 Å². The van der Waals surface area contributed by atoms with E-state index in [0.29, 0.717) is 31.7 Å². The largest absolute Gasteiger partial charge is 0.495 e. The van der Waals surface area contributed by atoms with Gasteiger partial charge in [0, 0.05) is 31.1 Å². The molecular weight excluding hydrogens is 376 g/mol. The Labute approximate surface area is 169 Å². The Morgan fingerprint density at radius 2 is 1.68 bits per heavy atom. The molecule has 148 valence electrons. The van der Waals surface area contributed by atoms with Gasteiger partial charge < -0.3 is 19.3 Å². The summed E-state index contributed by atoms with van der Waals surface area (Å²) in [6.07, 6.45) is 1.90. The number of anilines is 1. The molecule has 6 nitrogen and oxygen atoms in total. The van der Waals surface area contributed by atoms with Gasteiger partial charge >= 0.3 is 5.97 Å². The lowest BCUT2D eigenvalue weighted by molar-refractivity contribution is -0.134. The fraction of sp³-hybridized carbons (Fsp3) is 0.333. The van der Waals surface area contributed by atoms with Gasteiger partial charge in [-0.3, -0.25) is 4.79 Å². The van der Waals surface area contributed by atoms with Crippen LogP contribution < -0.4 is 9.64 Å². The monoisotopic (exact) mass is 400 g/mol. The van der Waals surface area contributed by atoms with Crippen LogP contribution in [-0.2, 0) is 9.53 Å². The number of thioether (sulfide) groups is 1. The summed E-state index contributed by atoms with van der Waals surface area (Å²) in [5.41, 5.74) is 1.51. The Hall–Kier alpha value is -2.67. The predicted octanol–water partition coefficient (Wildman–Crippen LogP) is 2.92. The van der Waals surface area contributed by atoms with Crippen LogP contribution in [0.25, 0.3) is 0 Å². The third kappa shape index (κ3) is 4.59. The molecule has 1 aliphatic rings. The molecule has 7 heteroatoms. The van der Waals surface area contributed by atoms with Crippen molar-refractivity contribution in [2.45, 2.75) is 4.90 Å². The van der Waals surface area contributed by atoms with Crippen LogP contribution in [0.2, 0.25) is 0 Å². The van der Waals surface area contributed by atoms with Crippen LogP contribution in [0.15, 0.2) is 53.4 Å². The van der Waals surface area contributed by atoms with Gasteiger partial charge in [0.05, 0.1) is 18.4 Å². The summed E-state index contributed by atoms with van der Waals surface area (Å²) in [6.45, 7) is 2.33. The minimum atomic E-state index is -0.467. The maximum Gasteiger partial charge on any atom is 0.339 e. The van der Waals surface area contributed by atoms with Crippen molar-refractivity contribution >= 4 is 29.3 Å². The number of hydrogen-bond acceptors (Lipinski definition) is 6. The first-order valence-corrected chi connectivity index (χ1v) is 10.3. The molecular formula is C21H24N2O4S. The molecule has 1 heterocycles. The van der Waals surface area contributed by atoms with Crippen LogP contribution in [0, 0.1) is 0 Å². The van der Waals surface area contributed by atoms with Gasteiger partial charge in [0.25, 0.3) is 5.91 Å². The number of carbonyl (C=O) groups excluding carboxylic acids is 2. The predicted molar refractivity (Wildman–Crippen MR) is 110 cm³/mol. The topological polar surface area (TPSA) is 59.1 Å². The lowest BCUT2D eigenvalue weighted by Crippen LogP contribution is -2.50. The van der Waals surface area contributed by atoms with Crippen molar-refractivity contribution in [2.75, 3.05) is 51.1 Å². The highest BCUT2D eigenvalue weighted by Crippen LogP contribution is 2.28. The van der Waals surface area contributed by atoms with E-state index in [4.69, 9.17) is 9.47 Å². The van der Waals surface area contributed by atoms with Gasteiger partial charge in [0.1, 0.15) is 5.75 Å². The Morgan fingerprint density at radius 1 is 1.00 bits per heavy atom. The number of hydrogen-bond donors (Lipinski definition) is 0. The molecule has 1 aliphatic heterocycles. The van der Waals surface area contributed by atoms with Gasteiger partial charge in [0.15, 0.2) is 6.61 Å². The van der Waals surface area contributed by atoms with Crippen LogP contribution in [0.4, 0.5) is 5.69 Å². The number of carbonyl (C=O) groups is 2. The number of nitrogens with zero attached hydrogens (tertiary/aromatic N) is 2. The summed E-state index contributed by atoms with van der Waals surface area (Å²) in [4.78, 5) is 29.5. The first-order chi connectivity index (χ1) is 13.6. The average Bonchev–Trinajstić information content (AvgIpc) is 2.77. The molecule has 0 spiro atoms. The molecule has 0 aliphatic carbocycles. The smallest absolute Gasteiger partial charge is 0.339 e. The number of methoxy groups -OCH3 is 1. The van der Waals surface area contributed by atoms with Crippen molar-refractivity contribution in [1.29, 1.82) is 0 Å². The van der Waals surface area contributed by atoms with E-state index in [9.17, 15) is 9.59 Å². The van der Waals surface area contributed by atoms with Crippen LogP contribution >= 0.6 is 11.8 Å². The molecule has 0 aromatic heterocycles. The molecule has 0 saturated carbocycles. The molecule has 0 N–H and O–H groups in total. The maximum atomic E-state index is 12.5.